The lowest BCUT2D eigenvalue weighted by molar-refractivity contribution is -0.139. The van der Waals surface area contributed by atoms with Crippen LogP contribution < -0.4 is 20.3 Å². The second-order valence-electron chi connectivity index (χ2n) is 10.4. The Hall–Kier alpha value is -4.58. The van der Waals surface area contributed by atoms with Gasteiger partial charge in [0.1, 0.15) is 17.6 Å². The molecule has 214 valence electrons. The van der Waals surface area contributed by atoms with E-state index in [4.69, 9.17) is 4.74 Å². The molecule has 4 rings (SSSR count). The number of anilines is 2. The van der Waals surface area contributed by atoms with Gasteiger partial charge in [-0.15, -0.1) is 0 Å². The third-order valence-corrected chi connectivity index (χ3v) is 7.65. The van der Waals surface area contributed by atoms with Crippen LogP contribution in [-0.2, 0) is 17.6 Å². The van der Waals surface area contributed by atoms with E-state index in [2.05, 4.69) is 26.6 Å². The van der Waals surface area contributed by atoms with E-state index in [-0.39, 0.29) is 6.42 Å². The number of nitrogens with zero attached hydrogens (tertiary/aromatic N) is 3. The maximum Gasteiger partial charge on any atom is 0.326 e. The van der Waals surface area contributed by atoms with E-state index in [1.54, 1.807) is 32.4 Å². The Morgan fingerprint density at radius 2 is 1.90 bits per heavy atom. The zero-order chi connectivity index (χ0) is 29.4. The van der Waals surface area contributed by atoms with Gasteiger partial charge in [0.15, 0.2) is 0 Å². The largest absolute Gasteiger partial charge is 0.497 e. The van der Waals surface area contributed by atoms with Crippen molar-refractivity contribution >= 4 is 23.4 Å². The monoisotopic (exact) mass is 555 g/mol. The zero-order valence-electron chi connectivity index (χ0n) is 23.8. The fraction of sp³-hybridized carbons (Fsp3) is 0.375. The third kappa shape index (κ3) is 7.54. The fourth-order valence-electron chi connectivity index (χ4n) is 5.32. The quantitative estimate of drug-likeness (QED) is 0.314. The predicted molar refractivity (Wildman–Crippen MR) is 159 cm³/mol. The third-order valence-electron chi connectivity index (χ3n) is 7.65. The summed E-state index contributed by atoms with van der Waals surface area (Å²) in [4.78, 5) is 31.9. The van der Waals surface area contributed by atoms with E-state index in [1.807, 2.05) is 43.3 Å². The summed E-state index contributed by atoms with van der Waals surface area (Å²) >= 11 is 0. The number of benzene rings is 2. The van der Waals surface area contributed by atoms with E-state index in [9.17, 15) is 20.0 Å². The summed E-state index contributed by atoms with van der Waals surface area (Å²) in [6.45, 7) is 6.41. The highest BCUT2D eigenvalue weighted by Gasteiger charge is 2.24. The Kier molecular flexibility index (Phi) is 9.80. The molecule has 0 aliphatic carbocycles. The highest BCUT2D eigenvalue weighted by atomic mass is 16.5. The van der Waals surface area contributed by atoms with E-state index in [0.29, 0.717) is 29.0 Å². The van der Waals surface area contributed by atoms with Gasteiger partial charge < -0.3 is 25.4 Å². The molecule has 2 heterocycles. The second kappa shape index (κ2) is 13.7. The predicted octanol–water partition coefficient (Wildman–Crippen LogP) is 4.59. The Labute approximate surface area is 241 Å². The fourth-order valence-corrected chi connectivity index (χ4v) is 5.32. The van der Waals surface area contributed by atoms with Gasteiger partial charge in [-0.05, 0) is 79.1 Å². The van der Waals surface area contributed by atoms with Gasteiger partial charge in [-0.3, -0.25) is 4.79 Å². The van der Waals surface area contributed by atoms with Crippen molar-refractivity contribution in [1.29, 1.82) is 5.26 Å². The number of carbonyl (C=O) groups is 2. The molecular formula is C32H37N5O4. The Morgan fingerprint density at radius 1 is 1.17 bits per heavy atom. The number of aryl methyl sites for hydroxylation is 2. The maximum absolute atomic E-state index is 13.1. The minimum Gasteiger partial charge on any atom is -0.497 e. The standard InChI is InChI=1S/C32H37N5O4/c1-4-25-16-24(19-33)15-21(2)30(25)31(38)36-28(32(39)40)17-22-5-7-26(8-6-22)37-13-10-23(11-14-37)20-35-29-18-27(41-3)9-12-34-29/h5-9,12,15-16,18,23,28H,4,10-11,13-14,17,20H2,1-3H3,(H,34,35)(H,36,38)(H,39,40). The van der Waals surface area contributed by atoms with Crippen molar-refractivity contribution in [2.75, 3.05) is 37.0 Å². The van der Waals surface area contributed by atoms with Crippen LogP contribution in [0.15, 0.2) is 54.7 Å². The number of aromatic nitrogens is 1. The van der Waals surface area contributed by atoms with Crippen LogP contribution in [0.1, 0.15) is 52.4 Å². The number of hydrogen-bond donors (Lipinski definition) is 3. The topological polar surface area (TPSA) is 128 Å². The van der Waals surface area contributed by atoms with Crippen LogP contribution in [0.4, 0.5) is 11.5 Å². The minimum atomic E-state index is -1.09. The van der Waals surface area contributed by atoms with Crippen molar-refractivity contribution in [3.05, 3.63) is 82.5 Å². The maximum atomic E-state index is 13.1. The summed E-state index contributed by atoms with van der Waals surface area (Å²) in [5, 5.41) is 25.2. The van der Waals surface area contributed by atoms with Gasteiger partial charge in [-0.1, -0.05) is 19.1 Å². The second-order valence-corrected chi connectivity index (χ2v) is 10.4. The van der Waals surface area contributed by atoms with Crippen molar-refractivity contribution in [2.45, 2.75) is 45.6 Å². The highest BCUT2D eigenvalue weighted by molar-refractivity contribution is 5.99. The number of carbonyl (C=O) groups excluding carboxylic acids is 1. The normalized spacial score (nSPS) is 14.1. The molecule has 1 atom stereocenters. The first-order valence-electron chi connectivity index (χ1n) is 14.0. The molecule has 1 amide bonds. The van der Waals surface area contributed by atoms with Gasteiger partial charge in [0.25, 0.3) is 5.91 Å². The number of aliphatic carboxylic acids is 1. The van der Waals surface area contributed by atoms with Crippen LogP contribution in [0.3, 0.4) is 0 Å². The Morgan fingerprint density at radius 3 is 2.54 bits per heavy atom. The van der Waals surface area contributed by atoms with E-state index in [0.717, 1.165) is 60.9 Å². The summed E-state index contributed by atoms with van der Waals surface area (Å²) in [5.74, 6) is 0.617. The lowest BCUT2D eigenvalue weighted by Gasteiger charge is -2.34. The van der Waals surface area contributed by atoms with Gasteiger partial charge in [0.2, 0.25) is 0 Å². The molecule has 1 aliphatic rings. The first kappa shape index (κ1) is 29.4. The number of nitriles is 1. The molecule has 3 N–H and O–H groups in total. The number of ether oxygens (including phenoxy) is 1. The van der Waals surface area contributed by atoms with Crippen LogP contribution in [0.2, 0.25) is 0 Å². The van der Waals surface area contributed by atoms with E-state index >= 15 is 0 Å². The lowest BCUT2D eigenvalue weighted by Crippen LogP contribution is -2.42. The van der Waals surface area contributed by atoms with Crippen molar-refractivity contribution in [3.8, 4) is 11.8 Å². The van der Waals surface area contributed by atoms with Crippen molar-refractivity contribution < 1.29 is 19.4 Å². The summed E-state index contributed by atoms with van der Waals surface area (Å²) in [6, 6.07) is 16.0. The molecule has 9 nitrogen and oxygen atoms in total. The van der Waals surface area contributed by atoms with Gasteiger partial charge in [-0.25, -0.2) is 9.78 Å². The van der Waals surface area contributed by atoms with Crippen molar-refractivity contribution in [2.24, 2.45) is 5.92 Å². The summed E-state index contributed by atoms with van der Waals surface area (Å²) in [5.41, 5.74) is 4.24. The minimum absolute atomic E-state index is 0.171. The molecule has 1 saturated heterocycles. The molecule has 0 bridgehead atoms. The van der Waals surface area contributed by atoms with Crippen LogP contribution >= 0.6 is 0 Å². The first-order valence-corrected chi connectivity index (χ1v) is 14.0. The van der Waals surface area contributed by atoms with E-state index < -0.39 is 17.9 Å². The molecule has 1 aromatic heterocycles. The number of nitrogens with one attached hydrogen (secondary N) is 2. The van der Waals surface area contributed by atoms with Gasteiger partial charge >= 0.3 is 5.97 Å². The lowest BCUT2D eigenvalue weighted by atomic mass is 9.95. The molecule has 41 heavy (non-hydrogen) atoms. The number of pyridine rings is 1. The van der Waals surface area contributed by atoms with Crippen LogP contribution in [0.5, 0.6) is 5.75 Å². The van der Waals surface area contributed by atoms with Gasteiger partial charge in [-0.2, -0.15) is 5.26 Å². The number of hydrogen-bond acceptors (Lipinski definition) is 7. The highest BCUT2D eigenvalue weighted by Crippen LogP contribution is 2.25. The molecule has 2 aromatic carbocycles. The summed E-state index contributed by atoms with van der Waals surface area (Å²) < 4.78 is 5.26. The van der Waals surface area contributed by atoms with Gasteiger partial charge in [0, 0.05) is 49.6 Å². The summed E-state index contributed by atoms with van der Waals surface area (Å²) in [7, 11) is 1.64. The Bertz CT molecular complexity index is 1410. The van der Waals surface area contributed by atoms with Crippen molar-refractivity contribution in [3.63, 3.8) is 0 Å². The number of methoxy groups -OCH3 is 1. The van der Waals surface area contributed by atoms with Crippen LogP contribution in [0.25, 0.3) is 0 Å². The van der Waals surface area contributed by atoms with E-state index in [1.165, 1.54) is 0 Å². The molecule has 0 saturated carbocycles. The molecule has 9 heteroatoms. The first-order chi connectivity index (χ1) is 19.8. The number of rotatable bonds is 11. The van der Waals surface area contributed by atoms with Crippen LogP contribution in [-0.4, -0.2) is 54.8 Å². The Balaban J connectivity index is 1.32. The molecule has 1 unspecified atom stereocenters. The summed E-state index contributed by atoms with van der Waals surface area (Å²) in [6.07, 6.45) is 4.58. The number of carboxylic acid groups (broad SMARTS) is 1. The molecule has 3 aromatic rings. The molecule has 0 spiro atoms. The van der Waals surface area contributed by atoms with Crippen LogP contribution in [0, 0.1) is 24.2 Å². The van der Waals surface area contributed by atoms with Crippen molar-refractivity contribution in [1.82, 2.24) is 10.3 Å². The number of piperidine rings is 1. The molecular weight excluding hydrogens is 518 g/mol. The average Bonchev–Trinajstić information content (AvgIpc) is 2.99. The SMILES string of the molecule is CCc1cc(C#N)cc(C)c1C(=O)NC(Cc1ccc(N2CCC(CNc3cc(OC)ccn3)CC2)cc1)C(=O)O. The average molecular weight is 556 g/mol. The number of amides is 1. The molecule has 1 aliphatic heterocycles. The smallest absolute Gasteiger partial charge is 0.326 e. The molecule has 0 radical (unpaired) electrons. The van der Waals surface area contributed by atoms with Gasteiger partial charge in [0.05, 0.1) is 18.7 Å². The number of carboxylic acids is 1. The zero-order valence-corrected chi connectivity index (χ0v) is 23.8. The molecule has 1 fully saturated rings.